The number of unbranched alkanes of at least 4 members (excludes halogenated alkanes) is 1. The molecular formula is C24H38N6O2. The largest absolute Gasteiger partial charge is 0.493 e. The second kappa shape index (κ2) is 12.3. The number of piperazine rings is 1. The van der Waals surface area contributed by atoms with E-state index in [9.17, 15) is 0 Å². The van der Waals surface area contributed by atoms with Crippen molar-refractivity contribution in [2.45, 2.75) is 39.8 Å². The molecular weight excluding hydrogens is 404 g/mol. The third-order valence-electron chi connectivity index (χ3n) is 5.85. The molecule has 0 spiro atoms. The minimum Gasteiger partial charge on any atom is -0.493 e. The van der Waals surface area contributed by atoms with Crippen LogP contribution >= 0.6 is 0 Å². The van der Waals surface area contributed by atoms with Crippen LogP contribution in [-0.2, 0) is 13.1 Å². The van der Waals surface area contributed by atoms with Gasteiger partial charge < -0.3 is 24.3 Å². The number of aliphatic imine (C=N–C) groups is 1. The summed E-state index contributed by atoms with van der Waals surface area (Å²) in [6.45, 7) is 11.8. The quantitative estimate of drug-likeness (QED) is 0.347. The zero-order valence-electron chi connectivity index (χ0n) is 20.0. The van der Waals surface area contributed by atoms with E-state index in [-0.39, 0.29) is 0 Å². The van der Waals surface area contributed by atoms with Gasteiger partial charge in [-0.2, -0.15) is 0 Å². The highest BCUT2D eigenvalue weighted by molar-refractivity contribution is 5.80. The Morgan fingerprint density at radius 2 is 1.88 bits per heavy atom. The van der Waals surface area contributed by atoms with Crippen LogP contribution in [0.1, 0.15) is 31.2 Å². The average molecular weight is 443 g/mol. The Labute approximate surface area is 192 Å². The summed E-state index contributed by atoms with van der Waals surface area (Å²) in [6, 6.07) is 6.17. The molecule has 176 valence electrons. The van der Waals surface area contributed by atoms with Crippen LogP contribution in [0.25, 0.3) is 0 Å². The van der Waals surface area contributed by atoms with Gasteiger partial charge in [-0.1, -0.05) is 6.07 Å². The Balaban J connectivity index is 1.45. The van der Waals surface area contributed by atoms with Gasteiger partial charge in [0.1, 0.15) is 5.82 Å². The van der Waals surface area contributed by atoms with E-state index in [1.165, 1.54) is 5.56 Å². The van der Waals surface area contributed by atoms with Crippen molar-refractivity contribution in [2.24, 2.45) is 4.99 Å². The van der Waals surface area contributed by atoms with E-state index in [2.05, 4.69) is 43.7 Å². The van der Waals surface area contributed by atoms with Gasteiger partial charge in [-0.3, -0.25) is 9.89 Å². The fourth-order valence-corrected chi connectivity index (χ4v) is 4.00. The van der Waals surface area contributed by atoms with Crippen LogP contribution in [0.4, 0.5) is 0 Å². The van der Waals surface area contributed by atoms with Crippen LogP contribution in [0.5, 0.6) is 11.5 Å². The third-order valence-corrected chi connectivity index (χ3v) is 5.85. The maximum Gasteiger partial charge on any atom is 0.194 e. The molecule has 0 atom stereocenters. The molecule has 1 saturated heterocycles. The van der Waals surface area contributed by atoms with Gasteiger partial charge in [0, 0.05) is 64.8 Å². The fourth-order valence-electron chi connectivity index (χ4n) is 4.00. The number of ether oxygens (including phenoxy) is 2. The summed E-state index contributed by atoms with van der Waals surface area (Å²) in [5, 5.41) is 3.47. The molecule has 0 bridgehead atoms. The minimum absolute atomic E-state index is 0.771. The molecule has 3 rings (SSSR count). The van der Waals surface area contributed by atoms with Crippen molar-refractivity contribution in [1.29, 1.82) is 0 Å². The van der Waals surface area contributed by atoms with Gasteiger partial charge >= 0.3 is 0 Å². The Morgan fingerprint density at radius 1 is 1.09 bits per heavy atom. The number of benzene rings is 1. The summed E-state index contributed by atoms with van der Waals surface area (Å²) >= 11 is 0. The number of rotatable bonds is 10. The number of imidazole rings is 1. The molecule has 8 heteroatoms. The fraction of sp³-hybridized carbons (Fsp3) is 0.583. The highest BCUT2D eigenvalue weighted by Crippen LogP contribution is 2.28. The molecule has 2 heterocycles. The number of aryl methyl sites for hydroxylation is 2. The summed E-state index contributed by atoms with van der Waals surface area (Å²) in [5.41, 5.74) is 1.24. The highest BCUT2D eigenvalue weighted by Gasteiger charge is 2.20. The minimum atomic E-state index is 0.771. The first-order valence-electron chi connectivity index (χ1n) is 11.6. The molecule has 1 aromatic carbocycles. The smallest absolute Gasteiger partial charge is 0.194 e. The van der Waals surface area contributed by atoms with Crippen LogP contribution in [-0.4, -0.2) is 78.8 Å². The van der Waals surface area contributed by atoms with Crippen molar-refractivity contribution in [3.05, 3.63) is 42.0 Å². The van der Waals surface area contributed by atoms with E-state index in [0.717, 1.165) is 88.5 Å². The van der Waals surface area contributed by atoms with E-state index in [1.807, 2.05) is 25.4 Å². The Bertz CT molecular complexity index is 858. The zero-order chi connectivity index (χ0) is 22.8. The number of aromatic nitrogens is 2. The predicted octanol–water partition coefficient (Wildman–Crippen LogP) is 2.77. The number of hydrogen-bond donors (Lipinski definition) is 1. The van der Waals surface area contributed by atoms with Gasteiger partial charge in [0.05, 0.1) is 14.2 Å². The molecule has 1 aromatic heterocycles. The molecule has 32 heavy (non-hydrogen) atoms. The lowest BCUT2D eigenvalue weighted by atomic mass is 10.1. The first kappa shape index (κ1) is 23.9. The molecule has 1 aliphatic rings. The maximum atomic E-state index is 5.44. The van der Waals surface area contributed by atoms with Gasteiger partial charge in [0.15, 0.2) is 17.5 Å². The highest BCUT2D eigenvalue weighted by atomic mass is 16.5. The van der Waals surface area contributed by atoms with Crippen molar-refractivity contribution in [3.8, 4) is 11.5 Å². The van der Waals surface area contributed by atoms with Crippen molar-refractivity contribution in [1.82, 2.24) is 24.7 Å². The topological polar surface area (TPSA) is 67.2 Å². The molecule has 0 aliphatic carbocycles. The lowest BCUT2D eigenvalue weighted by Gasteiger charge is -2.36. The van der Waals surface area contributed by atoms with Crippen LogP contribution in [0.2, 0.25) is 0 Å². The Morgan fingerprint density at radius 3 is 2.53 bits per heavy atom. The zero-order valence-corrected chi connectivity index (χ0v) is 20.0. The van der Waals surface area contributed by atoms with Gasteiger partial charge in [-0.15, -0.1) is 0 Å². The third kappa shape index (κ3) is 6.63. The normalized spacial score (nSPS) is 15.1. The first-order chi connectivity index (χ1) is 15.6. The summed E-state index contributed by atoms with van der Waals surface area (Å²) < 4.78 is 13.0. The summed E-state index contributed by atoms with van der Waals surface area (Å²) in [5.74, 6) is 3.67. The maximum absolute atomic E-state index is 5.44. The van der Waals surface area contributed by atoms with Crippen molar-refractivity contribution in [3.63, 3.8) is 0 Å². The van der Waals surface area contributed by atoms with Gasteiger partial charge in [0.25, 0.3) is 0 Å². The van der Waals surface area contributed by atoms with Crippen molar-refractivity contribution < 1.29 is 9.47 Å². The first-order valence-corrected chi connectivity index (χ1v) is 11.6. The molecule has 0 amide bonds. The van der Waals surface area contributed by atoms with E-state index in [1.54, 1.807) is 14.2 Å². The molecule has 0 radical (unpaired) electrons. The standard InChI is InChI=1S/C24H38N6O2/c1-5-25-24(27-10-6-7-12-29-13-11-26-20(29)2)30-16-14-28(15-17-30)19-21-8-9-22(31-3)23(18-21)32-4/h8-9,11,13,18H,5-7,10,12,14-17,19H2,1-4H3,(H,25,27). The predicted molar refractivity (Wildman–Crippen MR) is 129 cm³/mol. The second-order valence-electron chi connectivity index (χ2n) is 8.06. The molecule has 1 N–H and O–H groups in total. The molecule has 8 nitrogen and oxygen atoms in total. The second-order valence-corrected chi connectivity index (χ2v) is 8.06. The Kier molecular flexibility index (Phi) is 9.22. The van der Waals surface area contributed by atoms with E-state index >= 15 is 0 Å². The SMILES string of the molecule is CCNC(=NCCCCn1ccnc1C)N1CCN(Cc2ccc(OC)c(OC)c2)CC1. The molecule has 0 saturated carbocycles. The van der Waals surface area contributed by atoms with E-state index < -0.39 is 0 Å². The summed E-state index contributed by atoms with van der Waals surface area (Å²) in [7, 11) is 3.35. The Hall–Kier alpha value is -2.74. The number of hydrogen-bond acceptors (Lipinski definition) is 5. The lowest BCUT2D eigenvalue weighted by molar-refractivity contribution is 0.172. The monoisotopic (exact) mass is 442 g/mol. The van der Waals surface area contributed by atoms with E-state index in [4.69, 9.17) is 14.5 Å². The number of nitrogens with zero attached hydrogens (tertiary/aromatic N) is 5. The van der Waals surface area contributed by atoms with Crippen LogP contribution in [0.15, 0.2) is 35.6 Å². The summed E-state index contributed by atoms with van der Waals surface area (Å²) in [6.07, 6.45) is 6.09. The average Bonchev–Trinajstić information content (AvgIpc) is 3.23. The van der Waals surface area contributed by atoms with Crippen LogP contribution in [0, 0.1) is 6.92 Å². The molecule has 2 aromatic rings. The van der Waals surface area contributed by atoms with Crippen molar-refractivity contribution >= 4 is 5.96 Å². The van der Waals surface area contributed by atoms with Crippen molar-refractivity contribution in [2.75, 3.05) is 53.5 Å². The molecule has 1 aliphatic heterocycles. The van der Waals surface area contributed by atoms with Gasteiger partial charge in [-0.25, -0.2) is 4.98 Å². The number of methoxy groups -OCH3 is 2. The van der Waals surface area contributed by atoms with Gasteiger partial charge in [-0.05, 0) is 44.4 Å². The van der Waals surface area contributed by atoms with E-state index in [0.29, 0.717) is 0 Å². The van der Waals surface area contributed by atoms with Crippen LogP contribution in [0.3, 0.4) is 0 Å². The molecule has 1 fully saturated rings. The number of guanidine groups is 1. The molecule has 0 unspecified atom stereocenters. The van der Waals surface area contributed by atoms with Gasteiger partial charge in [0.2, 0.25) is 0 Å². The van der Waals surface area contributed by atoms with Crippen LogP contribution < -0.4 is 14.8 Å². The number of nitrogens with one attached hydrogen (secondary N) is 1. The summed E-state index contributed by atoms with van der Waals surface area (Å²) in [4.78, 5) is 14.0. The lowest BCUT2D eigenvalue weighted by Crippen LogP contribution is -2.52.